The predicted octanol–water partition coefficient (Wildman–Crippen LogP) is 5.41. The fraction of sp³-hybridized carbons (Fsp3) is 0.192. The van der Waals surface area contributed by atoms with Crippen LogP contribution in [-0.2, 0) is 17.6 Å². The number of amides is 2. The van der Waals surface area contributed by atoms with E-state index in [1.807, 2.05) is 48.5 Å². The molecule has 2 aromatic heterocycles. The van der Waals surface area contributed by atoms with Crippen molar-refractivity contribution in [3.63, 3.8) is 0 Å². The second-order valence-corrected chi connectivity index (χ2v) is 8.52. The van der Waals surface area contributed by atoms with Crippen molar-refractivity contribution in [2.75, 3.05) is 5.32 Å². The molecule has 2 aromatic carbocycles. The minimum atomic E-state index is -0.368. The molecule has 0 aliphatic carbocycles. The van der Waals surface area contributed by atoms with Gasteiger partial charge in [0, 0.05) is 5.38 Å². The first kappa shape index (κ1) is 22.5. The molecule has 4 aromatic rings. The Balaban J connectivity index is 1.33. The molecule has 0 saturated heterocycles. The molecule has 33 heavy (non-hydrogen) atoms. The van der Waals surface area contributed by atoms with Crippen LogP contribution in [0.5, 0.6) is 0 Å². The van der Waals surface area contributed by atoms with Crippen LogP contribution in [0.4, 0.5) is 5.13 Å². The minimum absolute atomic E-state index is 0.0702. The van der Waals surface area contributed by atoms with Crippen molar-refractivity contribution in [2.24, 2.45) is 0 Å². The standard InChI is InChI=1S/C26H25N3O3S/c30-24(17-21-18-33-26(27-21)29-25(31)23-15-8-16-32-23)28-22(20-12-5-2-6-13-20)14-7-11-19-9-3-1-4-10-19/h1-6,8-10,12-13,15-16,18,22H,7,11,14,17H2,(H,28,30)(H,27,29,31). The van der Waals surface area contributed by atoms with E-state index in [0.717, 1.165) is 24.8 Å². The van der Waals surface area contributed by atoms with E-state index in [1.54, 1.807) is 17.5 Å². The lowest BCUT2D eigenvalue weighted by Gasteiger charge is -2.19. The van der Waals surface area contributed by atoms with Gasteiger partial charge in [0.25, 0.3) is 5.91 Å². The van der Waals surface area contributed by atoms with Gasteiger partial charge in [-0.25, -0.2) is 4.98 Å². The Kier molecular flexibility index (Phi) is 7.66. The summed E-state index contributed by atoms with van der Waals surface area (Å²) in [6.45, 7) is 0. The predicted molar refractivity (Wildman–Crippen MR) is 129 cm³/mol. The molecule has 0 radical (unpaired) electrons. The average molecular weight is 460 g/mol. The Morgan fingerprint density at radius 3 is 2.45 bits per heavy atom. The average Bonchev–Trinajstić information content (AvgIpc) is 3.52. The number of thiazole rings is 1. The van der Waals surface area contributed by atoms with Crippen molar-refractivity contribution in [3.05, 3.63) is 107 Å². The molecule has 1 atom stereocenters. The SMILES string of the molecule is O=C(Cc1csc(NC(=O)c2ccco2)n1)NC(CCCc1ccccc1)c1ccccc1. The molecule has 0 aliphatic rings. The van der Waals surface area contributed by atoms with Crippen LogP contribution in [-0.4, -0.2) is 16.8 Å². The number of aromatic nitrogens is 1. The molecule has 168 valence electrons. The summed E-state index contributed by atoms with van der Waals surface area (Å²) in [4.78, 5) is 29.3. The largest absolute Gasteiger partial charge is 0.459 e. The van der Waals surface area contributed by atoms with Crippen molar-refractivity contribution in [1.29, 1.82) is 0 Å². The molecule has 2 N–H and O–H groups in total. The molecule has 0 spiro atoms. The number of anilines is 1. The molecular formula is C26H25N3O3S. The Morgan fingerprint density at radius 2 is 1.73 bits per heavy atom. The molecule has 6 nitrogen and oxygen atoms in total. The summed E-state index contributed by atoms with van der Waals surface area (Å²) in [5.41, 5.74) is 2.99. The molecule has 1 unspecified atom stereocenters. The van der Waals surface area contributed by atoms with Crippen LogP contribution in [0, 0.1) is 0 Å². The zero-order valence-electron chi connectivity index (χ0n) is 18.1. The van der Waals surface area contributed by atoms with Gasteiger partial charge in [-0.15, -0.1) is 11.3 Å². The van der Waals surface area contributed by atoms with Crippen LogP contribution in [0.2, 0.25) is 0 Å². The van der Waals surface area contributed by atoms with Gasteiger partial charge in [-0.1, -0.05) is 60.7 Å². The summed E-state index contributed by atoms with van der Waals surface area (Å²) in [7, 11) is 0. The highest BCUT2D eigenvalue weighted by Crippen LogP contribution is 2.21. The molecular weight excluding hydrogens is 434 g/mol. The van der Waals surface area contributed by atoms with Gasteiger partial charge < -0.3 is 9.73 Å². The minimum Gasteiger partial charge on any atom is -0.459 e. The maximum atomic E-state index is 12.8. The second kappa shape index (κ2) is 11.2. The molecule has 7 heteroatoms. The Morgan fingerprint density at radius 1 is 0.970 bits per heavy atom. The number of rotatable bonds is 10. The van der Waals surface area contributed by atoms with Crippen LogP contribution < -0.4 is 10.6 Å². The summed E-state index contributed by atoms with van der Waals surface area (Å²) in [6.07, 6.45) is 4.35. The van der Waals surface area contributed by atoms with Crippen LogP contribution in [0.15, 0.2) is 88.9 Å². The number of nitrogens with one attached hydrogen (secondary N) is 2. The Bertz CT molecular complexity index is 1160. The summed E-state index contributed by atoms with van der Waals surface area (Å²) in [6, 6.07) is 23.5. The zero-order chi connectivity index (χ0) is 22.9. The first-order chi connectivity index (χ1) is 16.2. The van der Waals surface area contributed by atoms with Crippen LogP contribution in [0.1, 0.15) is 46.3 Å². The summed E-state index contributed by atoms with van der Waals surface area (Å²) >= 11 is 1.28. The molecule has 0 bridgehead atoms. The van der Waals surface area contributed by atoms with Crippen LogP contribution >= 0.6 is 11.3 Å². The second-order valence-electron chi connectivity index (χ2n) is 7.66. The van der Waals surface area contributed by atoms with E-state index in [4.69, 9.17) is 4.42 Å². The maximum Gasteiger partial charge on any atom is 0.293 e. The molecule has 0 fully saturated rings. The van der Waals surface area contributed by atoms with Crippen molar-refractivity contribution in [1.82, 2.24) is 10.3 Å². The topological polar surface area (TPSA) is 84.2 Å². The Hall–Kier alpha value is -3.71. The number of carbonyl (C=O) groups is 2. The van der Waals surface area contributed by atoms with Crippen LogP contribution in [0.25, 0.3) is 0 Å². The van der Waals surface area contributed by atoms with Crippen molar-refractivity contribution in [2.45, 2.75) is 31.7 Å². The first-order valence-corrected chi connectivity index (χ1v) is 11.7. The van der Waals surface area contributed by atoms with E-state index in [-0.39, 0.29) is 30.0 Å². The van der Waals surface area contributed by atoms with Crippen molar-refractivity contribution >= 4 is 28.3 Å². The van der Waals surface area contributed by atoms with Gasteiger partial charge in [0.1, 0.15) is 0 Å². The van der Waals surface area contributed by atoms with Gasteiger partial charge in [-0.3, -0.25) is 14.9 Å². The third kappa shape index (κ3) is 6.63. The van der Waals surface area contributed by atoms with Gasteiger partial charge in [-0.05, 0) is 42.5 Å². The molecule has 4 rings (SSSR count). The van der Waals surface area contributed by atoms with Gasteiger partial charge in [-0.2, -0.15) is 0 Å². The summed E-state index contributed by atoms with van der Waals surface area (Å²) in [5, 5.41) is 8.07. The van der Waals surface area contributed by atoms with Gasteiger partial charge >= 0.3 is 0 Å². The van der Waals surface area contributed by atoms with Gasteiger partial charge in [0.2, 0.25) is 5.91 Å². The van der Waals surface area contributed by atoms with Gasteiger partial charge in [0.05, 0.1) is 24.4 Å². The molecule has 0 aliphatic heterocycles. The summed E-state index contributed by atoms with van der Waals surface area (Å²) < 4.78 is 5.09. The van der Waals surface area contributed by atoms with E-state index in [9.17, 15) is 9.59 Å². The summed E-state index contributed by atoms with van der Waals surface area (Å²) in [5.74, 6) is -0.253. The number of nitrogens with zero attached hydrogens (tertiary/aromatic N) is 1. The van der Waals surface area contributed by atoms with E-state index < -0.39 is 0 Å². The smallest absolute Gasteiger partial charge is 0.293 e. The number of carbonyl (C=O) groups excluding carboxylic acids is 2. The lowest BCUT2D eigenvalue weighted by molar-refractivity contribution is -0.121. The van der Waals surface area contributed by atoms with Crippen molar-refractivity contribution < 1.29 is 14.0 Å². The highest BCUT2D eigenvalue weighted by molar-refractivity contribution is 7.14. The first-order valence-electron chi connectivity index (χ1n) is 10.8. The number of aryl methyl sites for hydroxylation is 1. The van der Waals surface area contributed by atoms with E-state index in [0.29, 0.717) is 10.8 Å². The maximum absolute atomic E-state index is 12.8. The third-order valence-corrected chi connectivity index (χ3v) is 6.00. The molecule has 2 heterocycles. The zero-order valence-corrected chi connectivity index (χ0v) is 18.9. The van der Waals surface area contributed by atoms with Gasteiger partial charge in [0.15, 0.2) is 10.9 Å². The number of benzene rings is 2. The quantitative estimate of drug-likeness (QED) is 0.332. The fourth-order valence-corrected chi connectivity index (χ4v) is 4.29. The lowest BCUT2D eigenvalue weighted by atomic mass is 9.99. The van der Waals surface area contributed by atoms with E-state index >= 15 is 0 Å². The number of hydrogen-bond acceptors (Lipinski definition) is 5. The monoisotopic (exact) mass is 459 g/mol. The normalized spacial score (nSPS) is 11.6. The van der Waals surface area contributed by atoms with Crippen LogP contribution in [0.3, 0.4) is 0 Å². The molecule has 2 amide bonds. The highest BCUT2D eigenvalue weighted by atomic mass is 32.1. The molecule has 0 saturated carbocycles. The Labute approximate surface area is 196 Å². The van der Waals surface area contributed by atoms with Crippen molar-refractivity contribution in [3.8, 4) is 0 Å². The number of hydrogen-bond donors (Lipinski definition) is 2. The highest BCUT2D eigenvalue weighted by Gasteiger charge is 2.17. The number of furan rings is 1. The lowest BCUT2D eigenvalue weighted by Crippen LogP contribution is -2.30. The van der Waals surface area contributed by atoms with E-state index in [2.05, 4.69) is 27.8 Å². The third-order valence-electron chi connectivity index (χ3n) is 5.20. The fourth-order valence-electron chi connectivity index (χ4n) is 3.58. The van der Waals surface area contributed by atoms with E-state index in [1.165, 1.54) is 23.2 Å².